The Labute approximate surface area is 364 Å². The van der Waals surface area contributed by atoms with Crippen molar-refractivity contribution >= 4 is 64.0 Å². The summed E-state index contributed by atoms with van der Waals surface area (Å²) in [7, 11) is -16.4. The summed E-state index contributed by atoms with van der Waals surface area (Å²) in [6.45, 7) is 3.06. The van der Waals surface area contributed by atoms with Crippen LogP contribution in [0.5, 0.6) is 0 Å². The van der Waals surface area contributed by atoms with Crippen molar-refractivity contribution < 1.29 is 75.7 Å². The first-order valence-electron chi connectivity index (χ1n) is 20.0. The number of nitrogens with two attached hydrogens (primary N) is 1. The second kappa shape index (κ2) is 25.8. The van der Waals surface area contributed by atoms with Crippen LogP contribution >= 0.6 is 35.2 Å². The number of unbranched alkanes of at least 4 members (excludes halogenated alkanes) is 8. The lowest BCUT2D eigenvalue weighted by Crippen LogP contribution is -2.46. The smallest absolute Gasteiger partial charge is 0.386 e. The lowest BCUT2D eigenvalue weighted by atomic mass is 9.87. The van der Waals surface area contributed by atoms with Gasteiger partial charge in [0.05, 0.1) is 19.5 Å². The highest BCUT2D eigenvalue weighted by Gasteiger charge is 2.50. The number of fused-ring (bicyclic) bond motifs is 1. The number of aliphatic hydroxyl groups is 2. The molecule has 0 radical (unpaired) electrons. The Balaban J connectivity index is 1.37. The number of nitrogen functional groups attached to an aromatic ring is 1. The molecular formula is C35H60N7O16P3S. The number of ether oxygens (including phenoxy) is 1. The molecule has 1 aliphatic rings. The van der Waals surface area contributed by atoms with Gasteiger partial charge in [0, 0.05) is 30.7 Å². The van der Waals surface area contributed by atoms with Crippen molar-refractivity contribution in [2.45, 2.75) is 116 Å². The number of allylic oxidation sites excluding steroid dienone is 3. The Morgan fingerprint density at radius 1 is 0.984 bits per heavy atom. The van der Waals surface area contributed by atoms with Crippen LogP contribution in [0.2, 0.25) is 0 Å². The van der Waals surface area contributed by atoms with Gasteiger partial charge in [-0.1, -0.05) is 83.9 Å². The van der Waals surface area contributed by atoms with Gasteiger partial charge in [-0.3, -0.25) is 27.7 Å². The number of amides is 2. The standard InChI is InChI=1S/C35H60N7O16P3S/c1-4-5-6-7-8-9-10-11-12-13-14-15-19-62-20-18-37-26(43)16-17-38-33(46)30(45)35(2,3)22-55-61(52,53)58-60(50,51)54-21-25-29(57-59(47,48)49)28(44)34(56-25)42-24-41-27-31(36)39-23-40-32(27)42/h13-15,19,23-25,28-30,34,44-45H,4-12,16-18,20-22H2,1-3H3,(H,37,43)(H,38,46)(H,50,51)(H,52,53)(H2,36,39,40)(H2,47,48,49)/t25-,28-,29-,30+,34-/m1/s1. The first-order chi connectivity index (χ1) is 29.2. The van der Waals surface area contributed by atoms with Crippen LogP contribution in [0.3, 0.4) is 0 Å². The molecule has 1 fully saturated rings. The number of hydrogen-bond donors (Lipinski definition) is 9. The van der Waals surface area contributed by atoms with E-state index in [1.807, 2.05) is 17.6 Å². The molecule has 23 nitrogen and oxygen atoms in total. The van der Waals surface area contributed by atoms with Crippen molar-refractivity contribution in [3.8, 4) is 0 Å². The zero-order chi connectivity index (χ0) is 46.0. The number of nitrogens with zero attached hydrogens (tertiary/aromatic N) is 4. The maximum Gasteiger partial charge on any atom is 0.481 e. The molecule has 0 saturated carbocycles. The lowest BCUT2D eigenvalue weighted by molar-refractivity contribution is -0.137. The number of phosphoric ester groups is 3. The van der Waals surface area contributed by atoms with Crippen LogP contribution < -0.4 is 16.4 Å². The third-order valence-corrected chi connectivity index (χ3v) is 13.2. The van der Waals surface area contributed by atoms with E-state index < -0.39 is 78.6 Å². The van der Waals surface area contributed by atoms with Crippen molar-refractivity contribution in [3.05, 3.63) is 36.3 Å². The number of imidazole rings is 1. The van der Waals surface area contributed by atoms with Crippen LogP contribution in [0.1, 0.15) is 91.2 Å². The van der Waals surface area contributed by atoms with E-state index in [2.05, 4.69) is 47.4 Å². The third kappa shape index (κ3) is 18.8. The minimum absolute atomic E-state index is 0.0347. The predicted molar refractivity (Wildman–Crippen MR) is 228 cm³/mol. The normalized spacial score (nSPS) is 21.0. The van der Waals surface area contributed by atoms with Gasteiger partial charge in [0.25, 0.3) is 0 Å². The van der Waals surface area contributed by atoms with Gasteiger partial charge in [0.1, 0.15) is 36.3 Å². The van der Waals surface area contributed by atoms with Crippen LogP contribution in [0, 0.1) is 5.41 Å². The summed E-state index contributed by atoms with van der Waals surface area (Å²) < 4.78 is 62.4. The molecule has 0 aliphatic carbocycles. The summed E-state index contributed by atoms with van der Waals surface area (Å²) >= 11 is 1.54. The molecule has 0 bridgehead atoms. The van der Waals surface area contributed by atoms with E-state index in [1.165, 1.54) is 77.0 Å². The number of carbonyl (C=O) groups excluding carboxylic acids is 2. The second-order valence-corrected chi connectivity index (χ2v) is 20.2. The van der Waals surface area contributed by atoms with Crippen LogP contribution in [-0.2, 0) is 45.9 Å². The SMILES string of the molecule is CCCCCCCCCCC=CC=CSCCNC(=O)CCNC(=O)[C@H](O)C(C)(C)COP(=O)(O)OP(=O)(O)OC[C@H]1O[C@@H](n2cnc3c(N)ncnc32)[C@H](O)[C@@H]1OP(=O)(O)O. The first kappa shape index (κ1) is 53.7. The molecule has 62 heavy (non-hydrogen) atoms. The number of carbonyl (C=O) groups is 2. The molecule has 0 aromatic carbocycles. The first-order valence-corrected chi connectivity index (χ1v) is 25.6. The molecule has 2 unspecified atom stereocenters. The summed E-state index contributed by atoms with van der Waals surface area (Å²) in [6.07, 6.45) is 10.7. The van der Waals surface area contributed by atoms with E-state index >= 15 is 0 Å². The second-order valence-electron chi connectivity index (χ2n) is 15.0. The molecule has 2 amide bonds. The topological polar surface area (TPSA) is 347 Å². The Morgan fingerprint density at radius 3 is 2.35 bits per heavy atom. The van der Waals surface area contributed by atoms with E-state index in [0.29, 0.717) is 12.3 Å². The van der Waals surface area contributed by atoms with E-state index in [4.69, 9.17) is 19.5 Å². The zero-order valence-electron chi connectivity index (χ0n) is 34.8. The Bertz CT molecular complexity index is 1940. The monoisotopic (exact) mass is 959 g/mol. The van der Waals surface area contributed by atoms with E-state index in [0.717, 1.165) is 23.6 Å². The summed E-state index contributed by atoms with van der Waals surface area (Å²) in [5, 5.41) is 28.6. The molecule has 1 aliphatic heterocycles. The van der Waals surface area contributed by atoms with Gasteiger partial charge < -0.3 is 50.9 Å². The molecule has 1 saturated heterocycles. The van der Waals surface area contributed by atoms with Gasteiger partial charge in [-0.25, -0.2) is 28.6 Å². The number of thioether (sulfide) groups is 1. The maximum absolute atomic E-state index is 12.7. The van der Waals surface area contributed by atoms with E-state index in [-0.39, 0.29) is 35.9 Å². The van der Waals surface area contributed by atoms with Gasteiger partial charge in [0.15, 0.2) is 17.7 Å². The van der Waals surface area contributed by atoms with Gasteiger partial charge >= 0.3 is 23.5 Å². The van der Waals surface area contributed by atoms with E-state index in [1.54, 1.807) is 0 Å². The number of anilines is 1. The van der Waals surface area contributed by atoms with Crippen molar-refractivity contribution in [3.63, 3.8) is 0 Å². The van der Waals surface area contributed by atoms with E-state index in [9.17, 15) is 53.1 Å². The number of rotatable bonds is 30. The average molecular weight is 960 g/mol. The minimum atomic E-state index is -5.56. The molecule has 3 rings (SSSR count). The van der Waals surface area contributed by atoms with Crippen LogP contribution in [0.15, 0.2) is 36.3 Å². The summed E-state index contributed by atoms with van der Waals surface area (Å²) in [5.41, 5.74) is 4.32. The van der Waals surface area contributed by atoms with Gasteiger partial charge in [-0.05, 0) is 18.2 Å². The fraction of sp³-hybridized carbons (Fsp3) is 0.686. The number of nitrogens with one attached hydrogen (secondary N) is 2. The van der Waals surface area contributed by atoms with Gasteiger partial charge in [0.2, 0.25) is 11.8 Å². The molecule has 3 heterocycles. The summed E-state index contributed by atoms with van der Waals surface area (Å²) in [5.74, 6) is -0.668. The molecule has 2 aromatic heterocycles. The van der Waals surface area contributed by atoms with Crippen molar-refractivity contribution in [2.75, 3.05) is 37.8 Å². The number of phosphoric acid groups is 3. The van der Waals surface area contributed by atoms with Crippen LogP contribution in [-0.4, -0.2) is 118 Å². The largest absolute Gasteiger partial charge is 0.481 e. The predicted octanol–water partition coefficient (Wildman–Crippen LogP) is 3.74. The molecular weight excluding hydrogens is 899 g/mol. The average Bonchev–Trinajstić information content (AvgIpc) is 3.75. The Hall–Kier alpha value is -2.63. The minimum Gasteiger partial charge on any atom is -0.386 e. The third-order valence-electron chi connectivity index (χ3n) is 9.27. The summed E-state index contributed by atoms with van der Waals surface area (Å²) in [4.78, 5) is 75.9. The molecule has 7 atom stereocenters. The highest BCUT2D eigenvalue weighted by atomic mass is 32.2. The molecule has 0 spiro atoms. The number of aliphatic hydroxyl groups excluding tert-OH is 2. The quantitative estimate of drug-likeness (QED) is 0.0306. The molecule has 352 valence electrons. The van der Waals surface area contributed by atoms with Crippen LogP contribution in [0.4, 0.5) is 5.82 Å². The number of aromatic nitrogens is 4. The van der Waals surface area contributed by atoms with Crippen molar-refractivity contribution in [2.24, 2.45) is 5.41 Å². The molecule has 2 aromatic rings. The van der Waals surface area contributed by atoms with Crippen LogP contribution in [0.25, 0.3) is 11.2 Å². The highest BCUT2D eigenvalue weighted by Crippen LogP contribution is 2.61. The zero-order valence-corrected chi connectivity index (χ0v) is 38.3. The Kier molecular flexibility index (Phi) is 22.3. The van der Waals surface area contributed by atoms with Gasteiger partial charge in [-0.15, -0.1) is 11.8 Å². The fourth-order valence-electron chi connectivity index (χ4n) is 5.93. The summed E-state index contributed by atoms with van der Waals surface area (Å²) in [6, 6.07) is 0. The Morgan fingerprint density at radius 2 is 1.66 bits per heavy atom. The van der Waals surface area contributed by atoms with Gasteiger partial charge in [-0.2, -0.15) is 4.31 Å². The fourth-order valence-corrected chi connectivity index (χ4v) is 9.32. The van der Waals surface area contributed by atoms with Crippen molar-refractivity contribution in [1.29, 1.82) is 0 Å². The maximum atomic E-state index is 12.7. The molecule has 27 heteroatoms. The lowest BCUT2D eigenvalue weighted by Gasteiger charge is -2.30. The number of hydrogen-bond acceptors (Lipinski definition) is 17. The highest BCUT2D eigenvalue weighted by molar-refractivity contribution is 8.02. The molecule has 10 N–H and O–H groups in total. The van der Waals surface area contributed by atoms with Crippen molar-refractivity contribution in [1.82, 2.24) is 30.2 Å².